The van der Waals surface area contributed by atoms with Crippen molar-refractivity contribution in [2.24, 2.45) is 0 Å². The third-order valence-corrected chi connectivity index (χ3v) is 6.52. The maximum atomic E-state index is 12.9. The fraction of sp³-hybridized carbons (Fsp3) is 0.600. The van der Waals surface area contributed by atoms with Gasteiger partial charge in [0.25, 0.3) is 5.91 Å². The molecule has 0 N–H and O–H groups in total. The number of esters is 1. The summed E-state index contributed by atoms with van der Waals surface area (Å²) in [6.07, 6.45) is 0. The van der Waals surface area contributed by atoms with Gasteiger partial charge in [-0.2, -0.15) is 4.31 Å². The molecule has 164 valence electrons. The van der Waals surface area contributed by atoms with E-state index in [1.165, 1.54) is 29.6 Å². The Kier molecular flexibility index (Phi) is 9.10. The topological polar surface area (TPSA) is 93.2 Å². The molecular formula is C20H32N2O6S. The molecule has 29 heavy (non-hydrogen) atoms. The molecule has 0 fully saturated rings. The van der Waals surface area contributed by atoms with E-state index in [-0.39, 0.29) is 47.3 Å². The van der Waals surface area contributed by atoms with Gasteiger partial charge in [0.15, 0.2) is 6.61 Å². The molecule has 0 spiro atoms. The molecule has 0 aliphatic heterocycles. The van der Waals surface area contributed by atoms with E-state index in [4.69, 9.17) is 9.47 Å². The SMILES string of the molecule is CCN(CC)S(=O)(=O)c1cc(C(=O)OCC(=O)N(C(C)C)C(C)C)ccc1OC. The van der Waals surface area contributed by atoms with Crippen LogP contribution in [0.4, 0.5) is 0 Å². The number of rotatable bonds is 10. The molecule has 1 aromatic rings. The van der Waals surface area contributed by atoms with E-state index in [0.29, 0.717) is 0 Å². The predicted molar refractivity (Wildman–Crippen MR) is 111 cm³/mol. The summed E-state index contributed by atoms with van der Waals surface area (Å²) in [6.45, 7) is 11.1. The van der Waals surface area contributed by atoms with Gasteiger partial charge < -0.3 is 14.4 Å². The van der Waals surface area contributed by atoms with Gasteiger partial charge in [-0.25, -0.2) is 13.2 Å². The molecule has 0 aromatic heterocycles. The molecule has 0 bridgehead atoms. The van der Waals surface area contributed by atoms with Gasteiger partial charge >= 0.3 is 5.97 Å². The zero-order chi connectivity index (χ0) is 22.4. The predicted octanol–water partition coefficient (Wildman–Crippen LogP) is 2.53. The van der Waals surface area contributed by atoms with Crippen molar-refractivity contribution in [1.82, 2.24) is 9.21 Å². The minimum atomic E-state index is -3.84. The Morgan fingerprint density at radius 2 is 1.59 bits per heavy atom. The van der Waals surface area contributed by atoms with Crippen LogP contribution in [0.1, 0.15) is 51.9 Å². The number of carbonyl (C=O) groups is 2. The van der Waals surface area contributed by atoms with Crippen molar-refractivity contribution in [2.75, 3.05) is 26.8 Å². The molecule has 1 amide bonds. The molecule has 0 saturated carbocycles. The molecular weight excluding hydrogens is 396 g/mol. The zero-order valence-corrected chi connectivity index (χ0v) is 19.1. The van der Waals surface area contributed by atoms with Crippen molar-refractivity contribution in [1.29, 1.82) is 0 Å². The van der Waals surface area contributed by atoms with Gasteiger partial charge in [0.1, 0.15) is 10.6 Å². The van der Waals surface area contributed by atoms with E-state index in [2.05, 4.69) is 0 Å². The molecule has 9 heteroatoms. The summed E-state index contributed by atoms with van der Waals surface area (Å²) >= 11 is 0. The van der Waals surface area contributed by atoms with E-state index in [1.807, 2.05) is 27.7 Å². The quantitative estimate of drug-likeness (QED) is 0.532. The highest BCUT2D eigenvalue weighted by Crippen LogP contribution is 2.28. The Balaban J connectivity index is 3.11. The molecule has 1 aromatic carbocycles. The van der Waals surface area contributed by atoms with Crippen LogP contribution in [-0.2, 0) is 19.6 Å². The number of sulfonamides is 1. The van der Waals surface area contributed by atoms with E-state index in [0.717, 1.165) is 0 Å². The van der Waals surface area contributed by atoms with Crippen molar-refractivity contribution >= 4 is 21.9 Å². The number of hydrogen-bond donors (Lipinski definition) is 0. The first kappa shape index (κ1) is 24.9. The molecule has 0 atom stereocenters. The number of hydrogen-bond acceptors (Lipinski definition) is 6. The lowest BCUT2D eigenvalue weighted by atomic mass is 10.2. The molecule has 0 heterocycles. The van der Waals surface area contributed by atoms with Crippen LogP contribution >= 0.6 is 0 Å². The van der Waals surface area contributed by atoms with Gasteiger partial charge in [-0.15, -0.1) is 0 Å². The minimum absolute atomic E-state index is 0.0324. The van der Waals surface area contributed by atoms with Gasteiger partial charge in [-0.1, -0.05) is 13.8 Å². The summed E-state index contributed by atoms with van der Waals surface area (Å²) in [7, 11) is -2.48. The first-order valence-electron chi connectivity index (χ1n) is 9.67. The second-order valence-electron chi connectivity index (χ2n) is 7.02. The fourth-order valence-corrected chi connectivity index (χ4v) is 4.80. The summed E-state index contributed by atoms with van der Waals surface area (Å²) < 4.78 is 37.4. The molecule has 8 nitrogen and oxygen atoms in total. The van der Waals surface area contributed by atoms with E-state index >= 15 is 0 Å². The van der Waals surface area contributed by atoms with Gasteiger partial charge in [0.05, 0.1) is 12.7 Å². The van der Waals surface area contributed by atoms with Crippen LogP contribution in [0.5, 0.6) is 5.75 Å². The normalized spacial score (nSPS) is 11.8. The second-order valence-corrected chi connectivity index (χ2v) is 8.93. The summed E-state index contributed by atoms with van der Waals surface area (Å²) in [5, 5.41) is 0. The van der Waals surface area contributed by atoms with Gasteiger partial charge in [-0.3, -0.25) is 4.79 Å². The lowest BCUT2D eigenvalue weighted by Gasteiger charge is -2.30. The van der Waals surface area contributed by atoms with Crippen molar-refractivity contribution in [3.05, 3.63) is 23.8 Å². The number of ether oxygens (including phenoxy) is 2. The highest BCUT2D eigenvalue weighted by Gasteiger charge is 2.27. The zero-order valence-electron chi connectivity index (χ0n) is 18.3. The van der Waals surface area contributed by atoms with Crippen LogP contribution in [0.2, 0.25) is 0 Å². The van der Waals surface area contributed by atoms with Crippen molar-refractivity contribution in [2.45, 2.75) is 58.5 Å². The van der Waals surface area contributed by atoms with Crippen molar-refractivity contribution < 1.29 is 27.5 Å². The monoisotopic (exact) mass is 428 g/mol. The summed E-state index contributed by atoms with van der Waals surface area (Å²) in [5.74, 6) is -0.951. The Morgan fingerprint density at radius 3 is 2.03 bits per heavy atom. The third-order valence-electron chi connectivity index (χ3n) is 4.45. The Morgan fingerprint density at radius 1 is 1.03 bits per heavy atom. The third kappa shape index (κ3) is 5.93. The summed E-state index contributed by atoms with van der Waals surface area (Å²) in [6, 6.07) is 3.97. The first-order chi connectivity index (χ1) is 13.5. The van der Waals surface area contributed by atoms with Crippen LogP contribution in [0, 0.1) is 0 Å². The van der Waals surface area contributed by atoms with E-state index < -0.39 is 22.6 Å². The van der Waals surface area contributed by atoms with Gasteiger partial charge in [0.2, 0.25) is 10.0 Å². The number of amides is 1. The Bertz CT molecular complexity index is 808. The molecule has 1 rings (SSSR count). The standard InChI is InChI=1S/C20H32N2O6S/c1-8-21(9-2)29(25,26)18-12-16(10-11-17(18)27-7)20(24)28-13-19(23)22(14(3)4)15(5)6/h10-12,14-15H,8-9,13H2,1-7H3. The number of benzene rings is 1. The van der Waals surface area contributed by atoms with Gasteiger partial charge in [-0.05, 0) is 45.9 Å². The Hall–Kier alpha value is -2.13. The number of methoxy groups -OCH3 is 1. The number of carbonyl (C=O) groups excluding carboxylic acids is 2. The average Bonchev–Trinajstić information content (AvgIpc) is 2.65. The molecule has 0 aliphatic carbocycles. The first-order valence-corrected chi connectivity index (χ1v) is 11.1. The highest BCUT2D eigenvalue weighted by atomic mass is 32.2. The fourth-order valence-electron chi connectivity index (χ4n) is 3.17. The lowest BCUT2D eigenvalue weighted by Crippen LogP contribution is -2.44. The van der Waals surface area contributed by atoms with Crippen LogP contribution < -0.4 is 4.74 Å². The lowest BCUT2D eigenvalue weighted by molar-refractivity contribution is -0.138. The van der Waals surface area contributed by atoms with Crippen LogP contribution in [-0.4, -0.2) is 68.4 Å². The minimum Gasteiger partial charge on any atom is -0.495 e. The van der Waals surface area contributed by atoms with Crippen LogP contribution in [0.3, 0.4) is 0 Å². The Labute approximate surface area is 173 Å². The van der Waals surface area contributed by atoms with Crippen molar-refractivity contribution in [3.8, 4) is 5.75 Å². The van der Waals surface area contributed by atoms with Crippen LogP contribution in [0.25, 0.3) is 0 Å². The molecule has 0 aliphatic rings. The highest BCUT2D eigenvalue weighted by molar-refractivity contribution is 7.89. The maximum Gasteiger partial charge on any atom is 0.338 e. The second kappa shape index (κ2) is 10.6. The van der Waals surface area contributed by atoms with E-state index in [1.54, 1.807) is 18.7 Å². The molecule has 0 saturated heterocycles. The van der Waals surface area contributed by atoms with Crippen molar-refractivity contribution in [3.63, 3.8) is 0 Å². The maximum absolute atomic E-state index is 12.9. The van der Waals surface area contributed by atoms with E-state index in [9.17, 15) is 18.0 Å². The summed E-state index contributed by atoms with van der Waals surface area (Å²) in [5.41, 5.74) is 0.0324. The average molecular weight is 429 g/mol. The smallest absolute Gasteiger partial charge is 0.338 e. The molecule has 0 unspecified atom stereocenters. The largest absolute Gasteiger partial charge is 0.495 e. The summed E-state index contributed by atoms with van der Waals surface area (Å²) in [4.78, 5) is 26.3. The van der Waals surface area contributed by atoms with Gasteiger partial charge in [0, 0.05) is 25.2 Å². The molecule has 0 radical (unpaired) electrons. The van der Waals surface area contributed by atoms with Crippen LogP contribution in [0.15, 0.2) is 23.1 Å². The number of nitrogens with zero attached hydrogens (tertiary/aromatic N) is 2.